The number of likely N-dealkylation sites (N-methyl/N-ethyl adjacent to an activating group) is 1. The fourth-order valence-corrected chi connectivity index (χ4v) is 4.14. The van der Waals surface area contributed by atoms with Crippen LogP contribution >= 0.6 is 23.2 Å². The number of rotatable bonds is 8. The summed E-state index contributed by atoms with van der Waals surface area (Å²) in [5, 5.41) is 1.04. The van der Waals surface area contributed by atoms with Crippen LogP contribution in [0.3, 0.4) is 0 Å². The highest BCUT2D eigenvalue weighted by Gasteiger charge is 2.24. The first kappa shape index (κ1) is 23.6. The molecule has 1 aromatic heterocycles. The van der Waals surface area contributed by atoms with E-state index in [9.17, 15) is 9.59 Å². The number of benzene rings is 1. The lowest BCUT2D eigenvalue weighted by molar-refractivity contribution is -0.135. The molecule has 0 saturated carbocycles. The Morgan fingerprint density at radius 1 is 1.13 bits per heavy atom. The number of halogens is 2. The van der Waals surface area contributed by atoms with Gasteiger partial charge in [-0.2, -0.15) is 0 Å². The molecule has 2 heterocycles. The maximum absolute atomic E-state index is 12.6. The molecule has 0 bridgehead atoms. The number of oxazole rings is 1. The van der Waals surface area contributed by atoms with Crippen molar-refractivity contribution in [1.82, 2.24) is 19.7 Å². The fraction of sp³-hybridized carbons (Fsp3) is 0.500. The number of nitrogens with zero attached hydrogens (tertiary/aromatic N) is 4. The molecule has 1 aliphatic heterocycles. The molecule has 0 radical (unpaired) electrons. The van der Waals surface area contributed by atoms with E-state index in [4.69, 9.17) is 27.6 Å². The summed E-state index contributed by atoms with van der Waals surface area (Å²) < 4.78 is 5.77. The smallest absolute Gasteiger partial charge is 0.236 e. The highest BCUT2D eigenvalue weighted by Crippen LogP contribution is 2.30. The molecule has 2 amide bonds. The summed E-state index contributed by atoms with van der Waals surface area (Å²) in [6, 6.07) is 5.17. The summed E-state index contributed by atoms with van der Waals surface area (Å²) in [6.45, 7) is 8.49. The second-order valence-electron chi connectivity index (χ2n) is 7.47. The average molecular weight is 467 g/mol. The maximum atomic E-state index is 12.6. The summed E-state index contributed by atoms with van der Waals surface area (Å²) >= 11 is 12.2. The van der Waals surface area contributed by atoms with Crippen molar-refractivity contribution in [3.63, 3.8) is 0 Å². The number of carbonyl (C=O) groups excluding carboxylic acids is 2. The van der Waals surface area contributed by atoms with E-state index in [-0.39, 0.29) is 11.8 Å². The summed E-state index contributed by atoms with van der Waals surface area (Å²) in [5.74, 6) is 1.26. The van der Waals surface area contributed by atoms with E-state index >= 15 is 0 Å². The zero-order valence-electron chi connectivity index (χ0n) is 17.9. The van der Waals surface area contributed by atoms with Gasteiger partial charge in [0.25, 0.3) is 0 Å². The molecule has 31 heavy (non-hydrogen) atoms. The molecule has 168 valence electrons. The van der Waals surface area contributed by atoms with Crippen LogP contribution in [0.15, 0.2) is 28.8 Å². The zero-order chi connectivity index (χ0) is 22.4. The van der Waals surface area contributed by atoms with Crippen molar-refractivity contribution in [2.75, 3.05) is 45.8 Å². The number of hydrogen-bond donors (Lipinski definition) is 0. The molecule has 1 saturated heterocycles. The van der Waals surface area contributed by atoms with Crippen LogP contribution in [0.5, 0.6) is 0 Å². The minimum atomic E-state index is 0.0685. The van der Waals surface area contributed by atoms with E-state index in [1.54, 1.807) is 24.4 Å². The fourth-order valence-electron chi connectivity index (χ4n) is 3.63. The van der Waals surface area contributed by atoms with Gasteiger partial charge in [-0.05, 0) is 32.0 Å². The Bertz CT molecular complexity index is 906. The van der Waals surface area contributed by atoms with Gasteiger partial charge in [-0.3, -0.25) is 14.5 Å². The predicted octanol–water partition coefficient (Wildman–Crippen LogP) is 3.59. The van der Waals surface area contributed by atoms with Crippen molar-refractivity contribution in [2.24, 2.45) is 0 Å². The number of hydrogen-bond acceptors (Lipinski definition) is 5. The lowest BCUT2D eigenvalue weighted by atomic mass is 10.2. The van der Waals surface area contributed by atoms with Gasteiger partial charge in [0, 0.05) is 62.7 Å². The molecular formula is C22H28Cl2N4O3. The number of aromatic nitrogens is 1. The monoisotopic (exact) mass is 466 g/mol. The summed E-state index contributed by atoms with van der Waals surface area (Å²) in [7, 11) is 0. The zero-order valence-corrected chi connectivity index (χ0v) is 19.5. The third-order valence-corrected chi connectivity index (χ3v) is 6.05. The van der Waals surface area contributed by atoms with Gasteiger partial charge in [0.1, 0.15) is 0 Å². The van der Waals surface area contributed by atoms with Gasteiger partial charge in [-0.1, -0.05) is 23.2 Å². The van der Waals surface area contributed by atoms with Crippen LogP contribution in [0.1, 0.15) is 26.2 Å². The highest BCUT2D eigenvalue weighted by molar-refractivity contribution is 6.36. The van der Waals surface area contributed by atoms with Gasteiger partial charge in [-0.15, -0.1) is 0 Å². The van der Waals surface area contributed by atoms with Crippen LogP contribution in [0, 0.1) is 0 Å². The minimum Gasteiger partial charge on any atom is -0.441 e. The number of piperazine rings is 1. The van der Waals surface area contributed by atoms with Crippen LogP contribution in [0.2, 0.25) is 10.0 Å². The molecule has 0 spiro atoms. The van der Waals surface area contributed by atoms with E-state index in [0.29, 0.717) is 72.8 Å². The van der Waals surface area contributed by atoms with Crippen LogP contribution in [-0.2, 0) is 16.0 Å². The minimum absolute atomic E-state index is 0.0685. The Morgan fingerprint density at radius 3 is 2.48 bits per heavy atom. The molecule has 3 rings (SSSR count). The number of amides is 2. The second kappa shape index (κ2) is 11.0. The standard InChI is InChI=1S/C22H28Cl2N4O3/c1-3-27(4-2)22(30)15-26-9-11-28(12-10-26)21(29)8-7-20-25-14-19(31-20)17-6-5-16(23)13-18(17)24/h5-6,13-14H,3-4,7-12,15H2,1-2H3. The van der Waals surface area contributed by atoms with Crippen molar-refractivity contribution in [3.8, 4) is 11.3 Å². The topological polar surface area (TPSA) is 69.9 Å². The van der Waals surface area contributed by atoms with Crippen molar-refractivity contribution in [1.29, 1.82) is 0 Å². The molecule has 0 N–H and O–H groups in total. The first-order valence-corrected chi connectivity index (χ1v) is 11.3. The van der Waals surface area contributed by atoms with Crippen LogP contribution < -0.4 is 0 Å². The molecule has 1 fully saturated rings. The molecule has 0 aliphatic carbocycles. The number of carbonyl (C=O) groups is 2. The molecule has 7 nitrogen and oxygen atoms in total. The van der Waals surface area contributed by atoms with Crippen LogP contribution in [0.25, 0.3) is 11.3 Å². The maximum Gasteiger partial charge on any atom is 0.236 e. The van der Waals surface area contributed by atoms with E-state index in [1.807, 2.05) is 23.6 Å². The highest BCUT2D eigenvalue weighted by atomic mass is 35.5. The average Bonchev–Trinajstić information content (AvgIpc) is 3.22. The molecular weight excluding hydrogens is 439 g/mol. The summed E-state index contributed by atoms with van der Waals surface area (Å²) in [6.07, 6.45) is 2.36. The van der Waals surface area contributed by atoms with Gasteiger partial charge < -0.3 is 14.2 Å². The molecule has 0 unspecified atom stereocenters. The lowest BCUT2D eigenvalue weighted by Gasteiger charge is -2.35. The molecule has 0 atom stereocenters. The Kier molecular flexibility index (Phi) is 8.35. The van der Waals surface area contributed by atoms with Crippen molar-refractivity contribution < 1.29 is 14.0 Å². The van der Waals surface area contributed by atoms with E-state index in [0.717, 1.165) is 13.1 Å². The van der Waals surface area contributed by atoms with E-state index in [1.165, 1.54) is 0 Å². The quantitative estimate of drug-likeness (QED) is 0.594. The lowest BCUT2D eigenvalue weighted by Crippen LogP contribution is -2.51. The van der Waals surface area contributed by atoms with Gasteiger partial charge >= 0.3 is 0 Å². The van der Waals surface area contributed by atoms with Gasteiger partial charge in [0.15, 0.2) is 11.7 Å². The van der Waals surface area contributed by atoms with Crippen molar-refractivity contribution >= 4 is 35.0 Å². The first-order chi connectivity index (χ1) is 14.9. The summed E-state index contributed by atoms with van der Waals surface area (Å²) in [4.78, 5) is 34.9. The van der Waals surface area contributed by atoms with Crippen molar-refractivity contribution in [3.05, 3.63) is 40.3 Å². The van der Waals surface area contributed by atoms with Crippen molar-refractivity contribution in [2.45, 2.75) is 26.7 Å². The predicted molar refractivity (Wildman–Crippen MR) is 121 cm³/mol. The third-order valence-electron chi connectivity index (χ3n) is 5.50. The SMILES string of the molecule is CCN(CC)C(=O)CN1CCN(C(=O)CCc2ncc(-c3ccc(Cl)cc3Cl)o2)CC1. The van der Waals surface area contributed by atoms with E-state index < -0.39 is 0 Å². The summed E-state index contributed by atoms with van der Waals surface area (Å²) in [5.41, 5.74) is 0.714. The van der Waals surface area contributed by atoms with Gasteiger partial charge in [0.2, 0.25) is 11.8 Å². The first-order valence-electron chi connectivity index (χ1n) is 10.6. The largest absolute Gasteiger partial charge is 0.441 e. The van der Waals surface area contributed by atoms with Crippen LogP contribution in [-0.4, -0.2) is 77.3 Å². The Morgan fingerprint density at radius 2 is 1.84 bits per heavy atom. The molecule has 2 aromatic rings. The van der Waals surface area contributed by atoms with Gasteiger partial charge in [-0.25, -0.2) is 4.98 Å². The van der Waals surface area contributed by atoms with E-state index in [2.05, 4.69) is 9.88 Å². The normalized spacial score (nSPS) is 14.6. The van der Waals surface area contributed by atoms with Crippen LogP contribution in [0.4, 0.5) is 0 Å². The number of aryl methyl sites for hydroxylation is 1. The molecule has 1 aromatic carbocycles. The second-order valence-corrected chi connectivity index (χ2v) is 8.31. The molecule has 9 heteroatoms. The Balaban J connectivity index is 1.46. The third kappa shape index (κ3) is 6.21. The Hall–Kier alpha value is -2.09. The Labute approximate surface area is 192 Å². The van der Waals surface area contributed by atoms with Gasteiger partial charge in [0.05, 0.1) is 17.8 Å². The molecule has 1 aliphatic rings.